The molecule has 1 aromatic carbocycles. The molecular formula is C12H14ClN3S. The molecule has 0 fully saturated rings. The molecule has 90 valence electrons. The number of nitrogens with one attached hydrogen (secondary N) is 1. The second kappa shape index (κ2) is 6.10. The van der Waals surface area contributed by atoms with Crippen LogP contribution in [0.2, 0.25) is 5.02 Å². The van der Waals surface area contributed by atoms with Crippen molar-refractivity contribution >= 4 is 23.3 Å². The number of hydrogen-bond donors (Lipinski definition) is 1. The van der Waals surface area contributed by atoms with Crippen molar-refractivity contribution in [1.29, 1.82) is 0 Å². The van der Waals surface area contributed by atoms with Crippen LogP contribution < -0.4 is 5.32 Å². The van der Waals surface area contributed by atoms with E-state index in [1.807, 2.05) is 24.3 Å². The molecule has 0 bridgehead atoms. The highest BCUT2D eigenvalue weighted by Crippen LogP contribution is 2.27. The summed E-state index contributed by atoms with van der Waals surface area (Å²) in [5.41, 5.74) is 1.98. The van der Waals surface area contributed by atoms with E-state index in [1.165, 1.54) is 11.7 Å². The molecular weight excluding hydrogens is 254 g/mol. The zero-order chi connectivity index (χ0) is 12.1. The van der Waals surface area contributed by atoms with E-state index in [0.717, 1.165) is 29.2 Å². The third-order valence-corrected chi connectivity index (χ3v) is 3.33. The van der Waals surface area contributed by atoms with Crippen LogP contribution in [0.1, 0.15) is 30.6 Å². The Kier molecular flexibility index (Phi) is 4.48. The number of benzene rings is 1. The lowest BCUT2D eigenvalue weighted by Gasteiger charge is -2.17. The number of aromatic nitrogens is 2. The minimum Gasteiger partial charge on any atom is -0.305 e. The van der Waals surface area contributed by atoms with E-state index < -0.39 is 0 Å². The van der Waals surface area contributed by atoms with Gasteiger partial charge < -0.3 is 5.32 Å². The fourth-order valence-corrected chi connectivity index (χ4v) is 2.36. The van der Waals surface area contributed by atoms with Crippen molar-refractivity contribution in [3.63, 3.8) is 0 Å². The highest BCUT2D eigenvalue weighted by atomic mass is 35.5. The van der Waals surface area contributed by atoms with Crippen molar-refractivity contribution in [1.82, 2.24) is 14.1 Å². The topological polar surface area (TPSA) is 37.8 Å². The lowest BCUT2D eigenvalue weighted by Crippen LogP contribution is -2.23. The minimum absolute atomic E-state index is 0.0300. The molecule has 0 aliphatic rings. The smallest absolute Gasteiger partial charge is 0.0958 e. The summed E-state index contributed by atoms with van der Waals surface area (Å²) in [6.07, 6.45) is 2.86. The summed E-state index contributed by atoms with van der Waals surface area (Å²) < 4.78 is 8.35. The molecule has 1 atom stereocenters. The maximum Gasteiger partial charge on any atom is 0.0958 e. The second-order valence-electron chi connectivity index (χ2n) is 3.74. The molecule has 0 saturated heterocycles. The fraction of sp³-hybridized carbons (Fsp3) is 0.333. The Hall–Kier alpha value is -0.970. The van der Waals surface area contributed by atoms with E-state index in [-0.39, 0.29) is 6.04 Å². The fourth-order valence-electron chi connectivity index (χ4n) is 1.67. The number of hydrogen-bond acceptors (Lipinski definition) is 4. The molecule has 0 amide bonds. The van der Waals surface area contributed by atoms with Crippen molar-refractivity contribution in [2.24, 2.45) is 0 Å². The average Bonchev–Trinajstić information content (AvgIpc) is 2.85. The Morgan fingerprint density at radius 1 is 1.41 bits per heavy atom. The van der Waals surface area contributed by atoms with Gasteiger partial charge in [-0.1, -0.05) is 36.7 Å². The summed E-state index contributed by atoms with van der Waals surface area (Å²) in [6, 6.07) is 7.87. The van der Waals surface area contributed by atoms with Gasteiger partial charge >= 0.3 is 0 Å². The molecule has 17 heavy (non-hydrogen) atoms. The van der Waals surface area contributed by atoms with Gasteiger partial charge in [0.2, 0.25) is 0 Å². The van der Waals surface area contributed by atoms with Crippen LogP contribution in [0.5, 0.6) is 0 Å². The quantitative estimate of drug-likeness (QED) is 0.903. The number of nitrogens with zero attached hydrogens (tertiary/aromatic N) is 2. The monoisotopic (exact) mass is 267 g/mol. The third-order valence-electron chi connectivity index (χ3n) is 2.49. The van der Waals surface area contributed by atoms with Gasteiger partial charge in [0.15, 0.2) is 0 Å². The van der Waals surface area contributed by atoms with Crippen molar-refractivity contribution in [3.8, 4) is 0 Å². The Morgan fingerprint density at radius 2 is 2.24 bits per heavy atom. The highest BCUT2D eigenvalue weighted by molar-refractivity contribution is 6.99. The molecule has 0 spiro atoms. The van der Waals surface area contributed by atoms with Gasteiger partial charge in [-0.3, -0.25) is 0 Å². The van der Waals surface area contributed by atoms with E-state index in [0.29, 0.717) is 0 Å². The molecule has 0 aliphatic carbocycles. The second-order valence-corrected chi connectivity index (χ2v) is 4.70. The number of rotatable bonds is 5. The molecule has 0 saturated carbocycles. The highest BCUT2D eigenvalue weighted by Gasteiger charge is 2.18. The molecule has 0 radical (unpaired) electrons. The Morgan fingerprint density at radius 3 is 2.88 bits per heavy atom. The van der Waals surface area contributed by atoms with Gasteiger partial charge in [-0.05, 0) is 24.6 Å². The lowest BCUT2D eigenvalue weighted by molar-refractivity contribution is 0.590. The normalized spacial score (nSPS) is 12.6. The van der Waals surface area contributed by atoms with E-state index in [1.54, 1.807) is 6.20 Å². The van der Waals surface area contributed by atoms with Gasteiger partial charge in [0.1, 0.15) is 0 Å². The van der Waals surface area contributed by atoms with E-state index in [9.17, 15) is 0 Å². The van der Waals surface area contributed by atoms with Crippen LogP contribution in [0.3, 0.4) is 0 Å². The van der Waals surface area contributed by atoms with Gasteiger partial charge in [-0.15, -0.1) is 0 Å². The standard InChI is InChI=1S/C12H14ClN3S/c1-2-7-14-12(11-8-15-17-16-11)9-5-3-4-6-10(9)13/h3-6,8,12,14H,2,7H2,1H3. The molecule has 1 heterocycles. The molecule has 0 aliphatic heterocycles. The average molecular weight is 268 g/mol. The van der Waals surface area contributed by atoms with Gasteiger partial charge in [-0.25, -0.2) is 0 Å². The van der Waals surface area contributed by atoms with E-state index in [2.05, 4.69) is 21.0 Å². The minimum atomic E-state index is 0.0300. The van der Waals surface area contributed by atoms with Crippen molar-refractivity contribution < 1.29 is 0 Å². The zero-order valence-corrected chi connectivity index (χ0v) is 11.1. The van der Waals surface area contributed by atoms with Crippen LogP contribution in [-0.2, 0) is 0 Å². The van der Waals surface area contributed by atoms with Crippen LogP contribution in [-0.4, -0.2) is 15.3 Å². The predicted octanol–water partition coefficient (Wildman–Crippen LogP) is 3.28. The summed E-state index contributed by atoms with van der Waals surface area (Å²) in [5.74, 6) is 0. The van der Waals surface area contributed by atoms with E-state index in [4.69, 9.17) is 11.6 Å². The van der Waals surface area contributed by atoms with Crippen LogP contribution in [0.25, 0.3) is 0 Å². The van der Waals surface area contributed by atoms with Crippen LogP contribution in [0.4, 0.5) is 0 Å². The van der Waals surface area contributed by atoms with Crippen molar-refractivity contribution in [2.45, 2.75) is 19.4 Å². The van der Waals surface area contributed by atoms with Crippen LogP contribution in [0.15, 0.2) is 30.5 Å². The zero-order valence-electron chi connectivity index (χ0n) is 9.56. The first-order chi connectivity index (χ1) is 8.33. The maximum atomic E-state index is 6.23. The SMILES string of the molecule is CCCNC(c1cnsn1)c1ccccc1Cl. The molecule has 3 nitrogen and oxygen atoms in total. The van der Waals surface area contributed by atoms with Gasteiger partial charge in [0, 0.05) is 5.02 Å². The molecule has 2 rings (SSSR count). The first-order valence-electron chi connectivity index (χ1n) is 5.58. The Labute approximate surface area is 110 Å². The lowest BCUT2D eigenvalue weighted by atomic mass is 10.0. The first-order valence-corrected chi connectivity index (χ1v) is 6.69. The Bertz CT molecular complexity index is 459. The van der Waals surface area contributed by atoms with Crippen molar-refractivity contribution in [3.05, 3.63) is 46.7 Å². The summed E-state index contributed by atoms with van der Waals surface area (Å²) >= 11 is 7.45. The third kappa shape index (κ3) is 3.03. The Balaban J connectivity index is 2.30. The molecule has 1 aromatic heterocycles. The van der Waals surface area contributed by atoms with Gasteiger partial charge in [-0.2, -0.15) is 8.75 Å². The summed E-state index contributed by atoms with van der Waals surface area (Å²) in [6.45, 7) is 3.06. The first kappa shape index (κ1) is 12.5. The molecule has 2 aromatic rings. The van der Waals surface area contributed by atoms with Gasteiger partial charge in [0.25, 0.3) is 0 Å². The maximum absolute atomic E-state index is 6.23. The van der Waals surface area contributed by atoms with Crippen LogP contribution >= 0.6 is 23.3 Å². The predicted molar refractivity (Wildman–Crippen MR) is 71.5 cm³/mol. The van der Waals surface area contributed by atoms with Crippen LogP contribution in [0, 0.1) is 0 Å². The largest absolute Gasteiger partial charge is 0.305 e. The molecule has 1 N–H and O–H groups in total. The number of halogens is 1. The summed E-state index contributed by atoms with van der Waals surface area (Å²) in [7, 11) is 0. The summed E-state index contributed by atoms with van der Waals surface area (Å²) in [5, 5.41) is 4.21. The summed E-state index contributed by atoms with van der Waals surface area (Å²) in [4.78, 5) is 0. The van der Waals surface area contributed by atoms with Crippen molar-refractivity contribution in [2.75, 3.05) is 6.54 Å². The molecule has 5 heteroatoms. The van der Waals surface area contributed by atoms with Gasteiger partial charge in [0.05, 0.1) is 29.7 Å². The van der Waals surface area contributed by atoms with E-state index >= 15 is 0 Å². The molecule has 1 unspecified atom stereocenters.